The highest BCUT2D eigenvalue weighted by atomic mass is 19.4. The number of hydrogen-bond donors (Lipinski definition) is 2. The molecule has 1 amide bonds. The number of alkyl halides is 3. The minimum Gasteiger partial charge on any atom is -0.352 e. The molecule has 0 atom stereocenters. The lowest BCUT2D eigenvalue weighted by Crippen LogP contribution is -2.27. The van der Waals surface area contributed by atoms with Crippen molar-refractivity contribution in [3.63, 3.8) is 0 Å². The number of nitrogens with zero attached hydrogens (tertiary/aromatic N) is 1. The summed E-state index contributed by atoms with van der Waals surface area (Å²) in [6.45, 7) is 1.23. The molecule has 1 aromatic carbocycles. The second-order valence-electron chi connectivity index (χ2n) is 5.61. The van der Waals surface area contributed by atoms with E-state index in [1.165, 1.54) is 24.5 Å². The topological polar surface area (TPSA) is 71.1 Å². The van der Waals surface area contributed by atoms with Crippen LogP contribution in [0.3, 0.4) is 0 Å². The lowest BCUT2D eigenvalue weighted by atomic mass is 10.1. The number of carbonyl (C=O) groups excluding carboxylic acids is 2. The number of benzene rings is 1. The SMILES string of the molecule is O=Cc1cncc(C(=O)NCCCNCc2cccc(C(F)(F)F)c2)c1. The Balaban J connectivity index is 1.69. The van der Waals surface area contributed by atoms with Crippen molar-refractivity contribution < 1.29 is 22.8 Å². The minimum absolute atomic E-state index is 0.298. The zero-order valence-corrected chi connectivity index (χ0v) is 13.8. The molecule has 1 aromatic heterocycles. The van der Waals surface area contributed by atoms with Gasteiger partial charge in [0.05, 0.1) is 11.1 Å². The molecule has 2 N–H and O–H groups in total. The quantitative estimate of drug-likeness (QED) is 0.557. The van der Waals surface area contributed by atoms with E-state index in [1.54, 1.807) is 6.07 Å². The summed E-state index contributed by atoms with van der Waals surface area (Å²) in [7, 11) is 0. The number of amides is 1. The lowest BCUT2D eigenvalue weighted by molar-refractivity contribution is -0.137. The van der Waals surface area contributed by atoms with Gasteiger partial charge < -0.3 is 10.6 Å². The number of rotatable bonds is 8. The van der Waals surface area contributed by atoms with E-state index in [1.807, 2.05) is 0 Å². The van der Waals surface area contributed by atoms with Crippen LogP contribution in [0.4, 0.5) is 13.2 Å². The molecule has 2 aromatic rings. The van der Waals surface area contributed by atoms with Crippen molar-refractivity contribution in [2.45, 2.75) is 19.1 Å². The zero-order chi connectivity index (χ0) is 19.0. The molecular formula is C18H18F3N3O2. The van der Waals surface area contributed by atoms with Crippen molar-refractivity contribution in [2.75, 3.05) is 13.1 Å². The number of pyridine rings is 1. The molecule has 0 aliphatic heterocycles. The van der Waals surface area contributed by atoms with Crippen LogP contribution in [-0.2, 0) is 12.7 Å². The largest absolute Gasteiger partial charge is 0.416 e. The molecule has 0 saturated carbocycles. The molecule has 0 spiro atoms. The van der Waals surface area contributed by atoms with E-state index >= 15 is 0 Å². The van der Waals surface area contributed by atoms with Gasteiger partial charge in [-0.05, 0) is 30.7 Å². The summed E-state index contributed by atoms with van der Waals surface area (Å²) in [5, 5.41) is 5.73. The van der Waals surface area contributed by atoms with Gasteiger partial charge in [0.1, 0.15) is 0 Å². The van der Waals surface area contributed by atoms with Gasteiger partial charge in [0.25, 0.3) is 5.91 Å². The average Bonchev–Trinajstić information content (AvgIpc) is 2.64. The normalized spacial score (nSPS) is 11.2. The molecule has 2 rings (SSSR count). The predicted octanol–water partition coefficient (Wildman–Crippen LogP) is 2.82. The van der Waals surface area contributed by atoms with Crippen LogP contribution in [0.15, 0.2) is 42.7 Å². The second kappa shape index (κ2) is 9.10. The highest BCUT2D eigenvalue weighted by Gasteiger charge is 2.30. The van der Waals surface area contributed by atoms with Gasteiger partial charge in [-0.3, -0.25) is 14.6 Å². The highest BCUT2D eigenvalue weighted by Crippen LogP contribution is 2.29. The van der Waals surface area contributed by atoms with Crippen molar-refractivity contribution in [3.8, 4) is 0 Å². The molecule has 138 valence electrons. The summed E-state index contributed by atoms with van der Waals surface area (Å²) in [5.41, 5.74) is 0.489. The van der Waals surface area contributed by atoms with Gasteiger partial charge >= 0.3 is 6.18 Å². The Labute approximate surface area is 148 Å². The standard InChI is InChI=1S/C18H18F3N3O2/c19-18(20,21)16-4-1-3-13(8-16)9-22-5-2-6-24-17(26)15-7-14(12-25)10-23-11-15/h1,3-4,7-8,10-12,22H,2,5-6,9H2,(H,24,26). The van der Waals surface area contributed by atoms with Crippen molar-refractivity contribution in [2.24, 2.45) is 0 Å². The van der Waals surface area contributed by atoms with E-state index in [9.17, 15) is 22.8 Å². The van der Waals surface area contributed by atoms with Crippen molar-refractivity contribution in [3.05, 3.63) is 65.0 Å². The second-order valence-corrected chi connectivity index (χ2v) is 5.61. The molecule has 0 unspecified atom stereocenters. The number of carbonyl (C=O) groups is 2. The highest BCUT2D eigenvalue weighted by molar-refractivity contribution is 5.95. The molecule has 26 heavy (non-hydrogen) atoms. The van der Waals surface area contributed by atoms with Crippen molar-refractivity contribution >= 4 is 12.2 Å². The number of hydrogen-bond acceptors (Lipinski definition) is 4. The molecule has 8 heteroatoms. The van der Waals surface area contributed by atoms with Crippen LogP contribution >= 0.6 is 0 Å². The fourth-order valence-electron chi connectivity index (χ4n) is 2.25. The van der Waals surface area contributed by atoms with Crippen molar-refractivity contribution in [1.29, 1.82) is 0 Å². The third-order valence-corrected chi connectivity index (χ3v) is 3.56. The third kappa shape index (κ3) is 5.96. The van der Waals surface area contributed by atoms with Crippen LogP contribution in [0.1, 0.15) is 38.3 Å². The molecule has 1 heterocycles. The lowest BCUT2D eigenvalue weighted by Gasteiger charge is -2.10. The maximum atomic E-state index is 12.6. The summed E-state index contributed by atoms with van der Waals surface area (Å²) >= 11 is 0. The number of aldehydes is 1. The van der Waals surface area contributed by atoms with Gasteiger partial charge in [-0.15, -0.1) is 0 Å². The molecule has 0 aliphatic carbocycles. The van der Waals surface area contributed by atoms with Crippen LogP contribution in [0.25, 0.3) is 0 Å². The van der Waals surface area contributed by atoms with Gasteiger partial charge in [0.15, 0.2) is 6.29 Å². The maximum absolute atomic E-state index is 12.6. The van der Waals surface area contributed by atoms with Gasteiger partial charge in [-0.2, -0.15) is 13.2 Å². The Bertz CT molecular complexity index is 763. The summed E-state index contributed by atoms with van der Waals surface area (Å²) in [6, 6.07) is 6.59. The van der Waals surface area contributed by atoms with Crippen LogP contribution in [-0.4, -0.2) is 30.3 Å². The van der Waals surface area contributed by atoms with Gasteiger partial charge in [0.2, 0.25) is 0 Å². The first-order valence-electron chi connectivity index (χ1n) is 7.95. The average molecular weight is 365 g/mol. The van der Waals surface area contributed by atoms with Crippen LogP contribution in [0, 0.1) is 0 Å². The molecule has 0 bridgehead atoms. The number of nitrogens with one attached hydrogen (secondary N) is 2. The maximum Gasteiger partial charge on any atom is 0.416 e. The molecule has 0 radical (unpaired) electrons. The summed E-state index contributed by atoms with van der Waals surface area (Å²) < 4.78 is 37.9. The van der Waals surface area contributed by atoms with Crippen molar-refractivity contribution in [1.82, 2.24) is 15.6 Å². The van der Waals surface area contributed by atoms with Gasteiger partial charge in [-0.25, -0.2) is 0 Å². The molecule has 0 fully saturated rings. The van der Waals surface area contributed by atoms with E-state index in [4.69, 9.17) is 0 Å². The van der Waals surface area contributed by atoms with E-state index in [-0.39, 0.29) is 5.91 Å². The number of aromatic nitrogens is 1. The van der Waals surface area contributed by atoms with Crippen LogP contribution in [0.5, 0.6) is 0 Å². The molecular weight excluding hydrogens is 347 g/mol. The Morgan fingerprint density at radius 1 is 1.15 bits per heavy atom. The molecule has 5 nitrogen and oxygen atoms in total. The van der Waals surface area contributed by atoms with Crippen LogP contribution in [0.2, 0.25) is 0 Å². The Hall–Kier alpha value is -2.74. The van der Waals surface area contributed by atoms with Gasteiger partial charge in [0, 0.05) is 31.0 Å². The molecule has 0 aliphatic rings. The minimum atomic E-state index is -4.35. The van der Waals surface area contributed by atoms with Crippen LogP contribution < -0.4 is 10.6 Å². The first-order valence-corrected chi connectivity index (χ1v) is 7.95. The van der Waals surface area contributed by atoms with E-state index in [2.05, 4.69) is 15.6 Å². The first kappa shape index (κ1) is 19.6. The van der Waals surface area contributed by atoms with Gasteiger partial charge in [-0.1, -0.05) is 18.2 Å². The van der Waals surface area contributed by atoms with E-state index in [0.29, 0.717) is 49.0 Å². The monoisotopic (exact) mass is 365 g/mol. The third-order valence-electron chi connectivity index (χ3n) is 3.56. The van der Waals surface area contributed by atoms with E-state index in [0.717, 1.165) is 12.1 Å². The Kier molecular flexibility index (Phi) is 6.85. The first-order chi connectivity index (χ1) is 12.4. The fraction of sp³-hybridized carbons (Fsp3) is 0.278. The summed E-state index contributed by atoms with van der Waals surface area (Å²) in [4.78, 5) is 26.4. The molecule has 0 saturated heterocycles. The predicted molar refractivity (Wildman–Crippen MR) is 89.7 cm³/mol. The zero-order valence-electron chi connectivity index (χ0n) is 13.8. The van der Waals surface area contributed by atoms with E-state index < -0.39 is 11.7 Å². The Morgan fingerprint density at radius 2 is 1.96 bits per heavy atom. The Morgan fingerprint density at radius 3 is 2.69 bits per heavy atom. The summed E-state index contributed by atoms with van der Waals surface area (Å²) in [6.07, 6.45) is -0.404. The summed E-state index contributed by atoms with van der Waals surface area (Å²) in [5.74, 6) is -0.334. The number of halogens is 3. The smallest absolute Gasteiger partial charge is 0.352 e. The fourth-order valence-corrected chi connectivity index (χ4v) is 2.25.